The molecule has 0 spiro atoms. The van der Waals surface area contributed by atoms with E-state index in [-0.39, 0.29) is 37.6 Å². The standard InChI is InChI=1S/C6H12O6S.Na.H/c1-2-3-11-13(9,10)12-5-6(8)4-7;;/h2,6-8H,1,3-5H2;;/q;+1;-1. The molecular formula is C6H13NaO6S. The van der Waals surface area contributed by atoms with Crippen LogP contribution in [0.15, 0.2) is 12.7 Å². The van der Waals surface area contributed by atoms with Crippen LogP contribution in [0.5, 0.6) is 0 Å². The van der Waals surface area contributed by atoms with Crippen molar-refractivity contribution in [3.05, 3.63) is 12.7 Å². The van der Waals surface area contributed by atoms with Gasteiger partial charge in [0.25, 0.3) is 0 Å². The Hall–Kier alpha value is 0.530. The Bertz CT molecular complexity index is 244. The topological polar surface area (TPSA) is 93.1 Å². The second-order valence-corrected chi connectivity index (χ2v) is 3.39. The summed E-state index contributed by atoms with van der Waals surface area (Å²) in [7, 11) is -4.09. The van der Waals surface area contributed by atoms with Crippen LogP contribution < -0.4 is 29.6 Å². The molecule has 0 aliphatic rings. The fourth-order valence-corrected chi connectivity index (χ4v) is 1.03. The van der Waals surface area contributed by atoms with Gasteiger partial charge in [-0.15, -0.1) is 6.58 Å². The van der Waals surface area contributed by atoms with Gasteiger partial charge >= 0.3 is 40.0 Å². The molecule has 0 aromatic heterocycles. The largest absolute Gasteiger partial charge is 1.00 e. The maximum atomic E-state index is 10.7. The molecule has 2 N–H and O–H groups in total. The summed E-state index contributed by atoms with van der Waals surface area (Å²) in [6.07, 6.45) is 0.00530. The van der Waals surface area contributed by atoms with Gasteiger partial charge < -0.3 is 11.6 Å². The van der Waals surface area contributed by atoms with Gasteiger partial charge in [0, 0.05) is 0 Å². The van der Waals surface area contributed by atoms with Gasteiger partial charge in [0.2, 0.25) is 0 Å². The monoisotopic (exact) mass is 236 g/mol. The van der Waals surface area contributed by atoms with Gasteiger partial charge in [0.15, 0.2) is 0 Å². The molecule has 0 aliphatic carbocycles. The molecule has 0 radical (unpaired) electrons. The minimum Gasteiger partial charge on any atom is -1.00 e. The second kappa shape index (κ2) is 8.81. The van der Waals surface area contributed by atoms with Gasteiger partial charge in [-0.1, -0.05) is 6.08 Å². The molecule has 1 atom stereocenters. The van der Waals surface area contributed by atoms with Gasteiger partial charge in [0.05, 0.1) is 19.8 Å². The third-order valence-electron chi connectivity index (χ3n) is 0.946. The Kier molecular flexibility index (Phi) is 10.7. The zero-order valence-electron chi connectivity index (χ0n) is 8.92. The number of hydrogen-bond donors (Lipinski definition) is 2. The number of hydrogen-bond acceptors (Lipinski definition) is 6. The molecule has 0 aromatic carbocycles. The van der Waals surface area contributed by atoms with Crippen LogP contribution in [0.3, 0.4) is 0 Å². The average molecular weight is 236 g/mol. The summed E-state index contributed by atoms with van der Waals surface area (Å²) in [5, 5.41) is 17.1. The van der Waals surface area contributed by atoms with E-state index in [2.05, 4.69) is 14.9 Å². The Labute approximate surface area is 107 Å². The molecule has 0 saturated carbocycles. The Morgan fingerprint density at radius 3 is 2.50 bits per heavy atom. The van der Waals surface area contributed by atoms with Gasteiger partial charge in [0.1, 0.15) is 6.10 Å². The second-order valence-electron chi connectivity index (χ2n) is 2.10. The Morgan fingerprint density at radius 2 is 2.07 bits per heavy atom. The van der Waals surface area contributed by atoms with Crippen LogP contribution in [0.25, 0.3) is 0 Å². The summed E-state index contributed by atoms with van der Waals surface area (Å²) in [5.41, 5.74) is 0. The summed E-state index contributed by atoms with van der Waals surface area (Å²) in [5.74, 6) is 0. The van der Waals surface area contributed by atoms with Crippen molar-refractivity contribution in [3.63, 3.8) is 0 Å². The van der Waals surface area contributed by atoms with E-state index in [0.29, 0.717) is 0 Å². The summed E-state index contributed by atoms with van der Waals surface area (Å²) in [6, 6.07) is 0. The quantitative estimate of drug-likeness (QED) is 0.345. The number of aliphatic hydroxyl groups excluding tert-OH is 2. The predicted molar refractivity (Wildman–Crippen MR) is 45.2 cm³/mol. The van der Waals surface area contributed by atoms with E-state index in [1.807, 2.05) is 0 Å². The molecule has 1 unspecified atom stereocenters. The minimum atomic E-state index is -4.09. The molecular weight excluding hydrogens is 223 g/mol. The SMILES string of the molecule is C=CCOS(=O)(=O)OCC(O)CO.[H-].[Na+]. The zero-order valence-corrected chi connectivity index (χ0v) is 10.7. The van der Waals surface area contributed by atoms with Crippen molar-refractivity contribution >= 4 is 10.4 Å². The van der Waals surface area contributed by atoms with Crippen LogP contribution in [-0.4, -0.2) is 44.6 Å². The van der Waals surface area contributed by atoms with Crippen molar-refractivity contribution in [3.8, 4) is 0 Å². The summed E-state index contributed by atoms with van der Waals surface area (Å²) in [6.45, 7) is 1.94. The number of rotatable bonds is 7. The van der Waals surface area contributed by atoms with Gasteiger partial charge in [-0.05, 0) is 0 Å². The van der Waals surface area contributed by atoms with E-state index in [1.165, 1.54) is 6.08 Å². The molecule has 80 valence electrons. The first-order valence-electron chi connectivity index (χ1n) is 3.45. The number of aliphatic hydroxyl groups is 2. The van der Waals surface area contributed by atoms with E-state index in [1.54, 1.807) is 0 Å². The fraction of sp³-hybridized carbons (Fsp3) is 0.667. The fourth-order valence-electron chi connectivity index (χ4n) is 0.380. The molecule has 6 nitrogen and oxygen atoms in total. The molecule has 0 saturated heterocycles. The van der Waals surface area contributed by atoms with Crippen molar-refractivity contribution in [2.24, 2.45) is 0 Å². The molecule has 14 heavy (non-hydrogen) atoms. The summed E-state index contributed by atoms with van der Waals surface area (Å²) in [4.78, 5) is 0. The molecule has 0 aromatic rings. The Morgan fingerprint density at radius 1 is 1.50 bits per heavy atom. The van der Waals surface area contributed by atoms with E-state index in [9.17, 15) is 8.42 Å². The summed E-state index contributed by atoms with van der Waals surface area (Å²) >= 11 is 0. The van der Waals surface area contributed by atoms with Crippen molar-refractivity contribution in [1.29, 1.82) is 0 Å². The van der Waals surface area contributed by atoms with E-state index >= 15 is 0 Å². The van der Waals surface area contributed by atoms with Gasteiger partial charge in [-0.3, -0.25) is 0 Å². The van der Waals surface area contributed by atoms with Gasteiger partial charge in [-0.25, -0.2) is 8.37 Å². The van der Waals surface area contributed by atoms with Crippen LogP contribution in [-0.2, 0) is 18.8 Å². The first-order valence-corrected chi connectivity index (χ1v) is 4.78. The first-order chi connectivity index (χ1) is 6.02. The van der Waals surface area contributed by atoms with Crippen LogP contribution >= 0.6 is 0 Å². The van der Waals surface area contributed by atoms with E-state index < -0.39 is 29.7 Å². The average Bonchev–Trinajstić information content (AvgIpc) is 2.11. The van der Waals surface area contributed by atoms with Crippen LogP contribution in [0, 0.1) is 0 Å². The van der Waals surface area contributed by atoms with Gasteiger partial charge in [-0.2, -0.15) is 8.42 Å². The molecule has 0 rings (SSSR count). The Balaban J connectivity index is -0.000000720. The van der Waals surface area contributed by atoms with E-state index in [0.717, 1.165) is 0 Å². The zero-order chi connectivity index (χ0) is 10.3. The van der Waals surface area contributed by atoms with Crippen molar-refractivity contribution in [2.75, 3.05) is 19.8 Å². The van der Waals surface area contributed by atoms with Crippen LogP contribution in [0.4, 0.5) is 0 Å². The third-order valence-corrected chi connectivity index (χ3v) is 1.80. The maximum absolute atomic E-state index is 10.7. The maximum Gasteiger partial charge on any atom is 1.00 e. The van der Waals surface area contributed by atoms with Crippen LogP contribution in [0.1, 0.15) is 1.43 Å². The molecule has 0 bridgehead atoms. The normalized spacial score (nSPS) is 13.0. The smallest absolute Gasteiger partial charge is 1.00 e. The minimum absolute atomic E-state index is 0. The molecule has 0 amide bonds. The van der Waals surface area contributed by atoms with E-state index in [4.69, 9.17) is 10.2 Å². The van der Waals surface area contributed by atoms with Crippen molar-refractivity contribution in [1.82, 2.24) is 0 Å². The molecule has 0 heterocycles. The van der Waals surface area contributed by atoms with Crippen molar-refractivity contribution in [2.45, 2.75) is 6.10 Å². The molecule has 0 fully saturated rings. The molecule has 0 aliphatic heterocycles. The third kappa shape index (κ3) is 9.10. The summed E-state index contributed by atoms with van der Waals surface area (Å²) < 4.78 is 29.8. The van der Waals surface area contributed by atoms with Crippen LogP contribution in [0.2, 0.25) is 0 Å². The molecule has 8 heteroatoms. The first kappa shape index (κ1) is 16.9. The van der Waals surface area contributed by atoms with Crippen molar-refractivity contribution < 1.29 is 58.0 Å². The predicted octanol–water partition coefficient (Wildman–Crippen LogP) is -4.08.